The molecule has 0 unspecified atom stereocenters. The van der Waals surface area contributed by atoms with Crippen molar-refractivity contribution in [2.45, 2.75) is 44.6 Å². The molecule has 1 fully saturated rings. The predicted octanol–water partition coefficient (Wildman–Crippen LogP) is 5.39. The molecule has 2 aliphatic rings. The van der Waals surface area contributed by atoms with Crippen LogP contribution in [0, 0.1) is 5.92 Å². The van der Waals surface area contributed by atoms with Crippen LogP contribution in [-0.4, -0.2) is 25.1 Å². The van der Waals surface area contributed by atoms with E-state index in [1.807, 2.05) is 0 Å². The van der Waals surface area contributed by atoms with Gasteiger partial charge in [-0.3, -0.25) is 4.90 Å². The lowest BCUT2D eigenvalue weighted by atomic mass is 9.80. The maximum Gasteiger partial charge on any atom is 0.119 e. The lowest BCUT2D eigenvalue weighted by Crippen LogP contribution is -2.34. The van der Waals surface area contributed by atoms with Crippen LogP contribution >= 0.6 is 0 Å². The summed E-state index contributed by atoms with van der Waals surface area (Å²) in [7, 11) is 2.29. The minimum absolute atomic E-state index is 0.522. The van der Waals surface area contributed by atoms with Crippen LogP contribution < -0.4 is 4.74 Å². The first-order valence-electron chi connectivity index (χ1n) is 9.81. The first kappa shape index (κ1) is 16.7. The minimum atomic E-state index is 0.522. The van der Waals surface area contributed by atoms with Gasteiger partial charge in [0.25, 0.3) is 0 Å². The molecule has 0 aromatic heterocycles. The van der Waals surface area contributed by atoms with E-state index in [-0.39, 0.29) is 0 Å². The summed E-state index contributed by atoms with van der Waals surface area (Å²) >= 11 is 0. The maximum absolute atomic E-state index is 5.85. The summed E-state index contributed by atoms with van der Waals surface area (Å²) in [4.78, 5) is 2.56. The maximum atomic E-state index is 5.85. The molecule has 2 nitrogen and oxygen atoms in total. The average molecular weight is 335 g/mol. The Hall–Kier alpha value is -1.80. The SMILES string of the molecule is CCCCOc1ccc([C@H]2c3ccccc3[C@H]3[C@@H]2CCCN3C)cc1. The summed E-state index contributed by atoms with van der Waals surface area (Å²) < 4.78 is 5.85. The quantitative estimate of drug-likeness (QED) is 0.679. The Bertz CT molecular complexity index is 708. The molecule has 3 atom stereocenters. The molecule has 1 aliphatic heterocycles. The Morgan fingerprint density at radius 2 is 1.80 bits per heavy atom. The fourth-order valence-corrected chi connectivity index (χ4v) is 4.84. The van der Waals surface area contributed by atoms with Crippen LogP contribution in [0.4, 0.5) is 0 Å². The number of likely N-dealkylation sites (tertiary alicyclic amines) is 1. The highest BCUT2D eigenvalue weighted by Gasteiger charge is 2.44. The Morgan fingerprint density at radius 1 is 1.04 bits per heavy atom. The molecule has 132 valence electrons. The molecular weight excluding hydrogens is 306 g/mol. The first-order valence-corrected chi connectivity index (χ1v) is 9.81. The number of fused-ring (bicyclic) bond motifs is 3. The Kier molecular flexibility index (Phi) is 4.80. The lowest BCUT2D eigenvalue weighted by Gasteiger charge is -2.37. The van der Waals surface area contributed by atoms with Gasteiger partial charge in [-0.2, -0.15) is 0 Å². The minimum Gasteiger partial charge on any atom is -0.494 e. The second kappa shape index (κ2) is 7.21. The molecular formula is C23H29NO. The third kappa shape index (κ3) is 3.08. The summed E-state index contributed by atoms with van der Waals surface area (Å²) in [5, 5.41) is 0. The number of hydrogen-bond donors (Lipinski definition) is 0. The van der Waals surface area contributed by atoms with Gasteiger partial charge in [0.15, 0.2) is 0 Å². The third-order valence-electron chi connectivity index (χ3n) is 6.01. The number of ether oxygens (including phenoxy) is 1. The molecule has 1 heterocycles. The van der Waals surface area contributed by atoms with Gasteiger partial charge in [0.1, 0.15) is 5.75 Å². The predicted molar refractivity (Wildman–Crippen MR) is 103 cm³/mol. The highest BCUT2D eigenvalue weighted by molar-refractivity contribution is 5.47. The summed E-state index contributed by atoms with van der Waals surface area (Å²) in [5.41, 5.74) is 4.52. The van der Waals surface area contributed by atoms with Gasteiger partial charge >= 0.3 is 0 Å². The molecule has 0 N–H and O–H groups in total. The summed E-state index contributed by atoms with van der Waals surface area (Å²) in [6, 6.07) is 18.6. The van der Waals surface area contributed by atoms with E-state index in [1.54, 1.807) is 5.56 Å². The van der Waals surface area contributed by atoms with E-state index < -0.39 is 0 Å². The normalized spacial score (nSPS) is 25.4. The van der Waals surface area contributed by atoms with Gasteiger partial charge in [-0.15, -0.1) is 0 Å². The molecule has 0 amide bonds. The molecule has 25 heavy (non-hydrogen) atoms. The molecule has 2 aromatic rings. The number of unbranched alkanes of at least 4 members (excludes halogenated alkanes) is 1. The van der Waals surface area contributed by atoms with Crippen molar-refractivity contribution in [3.8, 4) is 5.75 Å². The zero-order valence-electron chi connectivity index (χ0n) is 15.4. The second-order valence-electron chi connectivity index (χ2n) is 7.61. The van der Waals surface area contributed by atoms with E-state index in [9.17, 15) is 0 Å². The number of piperidine rings is 1. The van der Waals surface area contributed by atoms with E-state index in [4.69, 9.17) is 4.74 Å². The van der Waals surface area contributed by atoms with Crippen LogP contribution in [0.5, 0.6) is 5.75 Å². The molecule has 1 saturated heterocycles. The number of benzene rings is 2. The number of hydrogen-bond acceptors (Lipinski definition) is 2. The largest absolute Gasteiger partial charge is 0.494 e. The smallest absolute Gasteiger partial charge is 0.119 e. The molecule has 4 rings (SSSR count). The first-order chi connectivity index (χ1) is 12.3. The molecule has 2 aromatic carbocycles. The van der Waals surface area contributed by atoms with Crippen LogP contribution in [-0.2, 0) is 0 Å². The van der Waals surface area contributed by atoms with Crippen LogP contribution in [0.25, 0.3) is 0 Å². The second-order valence-corrected chi connectivity index (χ2v) is 7.61. The fourth-order valence-electron chi connectivity index (χ4n) is 4.84. The van der Waals surface area contributed by atoms with Crippen molar-refractivity contribution in [1.82, 2.24) is 4.90 Å². The molecule has 0 spiro atoms. The van der Waals surface area contributed by atoms with Crippen molar-refractivity contribution in [2.24, 2.45) is 5.92 Å². The van der Waals surface area contributed by atoms with Crippen molar-refractivity contribution < 1.29 is 4.74 Å². The topological polar surface area (TPSA) is 12.5 Å². The van der Waals surface area contributed by atoms with E-state index in [1.165, 1.54) is 36.9 Å². The lowest BCUT2D eigenvalue weighted by molar-refractivity contribution is 0.127. The molecule has 1 aliphatic carbocycles. The van der Waals surface area contributed by atoms with Gasteiger partial charge in [0.2, 0.25) is 0 Å². The van der Waals surface area contributed by atoms with Crippen molar-refractivity contribution in [3.63, 3.8) is 0 Å². The monoisotopic (exact) mass is 335 g/mol. The van der Waals surface area contributed by atoms with Crippen LogP contribution in [0.1, 0.15) is 61.3 Å². The number of nitrogens with zero attached hydrogens (tertiary/aromatic N) is 1. The van der Waals surface area contributed by atoms with E-state index in [2.05, 4.69) is 67.4 Å². The van der Waals surface area contributed by atoms with Gasteiger partial charge in [-0.25, -0.2) is 0 Å². The van der Waals surface area contributed by atoms with Crippen molar-refractivity contribution >= 4 is 0 Å². The Morgan fingerprint density at radius 3 is 2.56 bits per heavy atom. The standard InChI is InChI=1S/C23H29NO/c1-3-4-16-25-18-13-11-17(12-14-18)22-19-8-5-6-9-20(19)23-21(22)10-7-15-24(23)2/h5-6,8-9,11-14,21-23H,3-4,7,10,15-16H2,1-2H3/t21-,22+,23+/m1/s1. The van der Waals surface area contributed by atoms with Gasteiger partial charge in [0, 0.05) is 12.0 Å². The highest BCUT2D eigenvalue weighted by atomic mass is 16.5. The van der Waals surface area contributed by atoms with Gasteiger partial charge in [-0.05, 0) is 67.6 Å². The van der Waals surface area contributed by atoms with Crippen molar-refractivity contribution in [3.05, 3.63) is 65.2 Å². The van der Waals surface area contributed by atoms with Crippen LogP contribution in [0.2, 0.25) is 0 Å². The Labute approximate surface area is 151 Å². The molecule has 0 saturated carbocycles. The van der Waals surface area contributed by atoms with E-state index >= 15 is 0 Å². The van der Waals surface area contributed by atoms with Gasteiger partial charge in [0.05, 0.1) is 6.61 Å². The van der Waals surface area contributed by atoms with Crippen LogP contribution in [0.3, 0.4) is 0 Å². The van der Waals surface area contributed by atoms with Crippen molar-refractivity contribution in [2.75, 3.05) is 20.2 Å². The fraction of sp³-hybridized carbons (Fsp3) is 0.478. The van der Waals surface area contributed by atoms with Crippen LogP contribution in [0.15, 0.2) is 48.5 Å². The van der Waals surface area contributed by atoms with Gasteiger partial charge < -0.3 is 4.74 Å². The summed E-state index contributed by atoms with van der Waals surface area (Å²) in [5.74, 6) is 2.22. The van der Waals surface area contributed by atoms with Crippen molar-refractivity contribution in [1.29, 1.82) is 0 Å². The zero-order valence-corrected chi connectivity index (χ0v) is 15.4. The third-order valence-corrected chi connectivity index (χ3v) is 6.01. The van der Waals surface area contributed by atoms with Gasteiger partial charge in [-0.1, -0.05) is 49.7 Å². The van der Waals surface area contributed by atoms with E-state index in [0.29, 0.717) is 17.9 Å². The summed E-state index contributed by atoms with van der Waals surface area (Å²) in [6.07, 6.45) is 4.92. The highest BCUT2D eigenvalue weighted by Crippen LogP contribution is 2.54. The average Bonchev–Trinajstić information content (AvgIpc) is 2.98. The molecule has 2 heteroatoms. The Balaban J connectivity index is 1.63. The zero-order chi connectivity index (χ0) is 17.2. The number of rotatable bonds is 5. The summed E-state index contributed by atoms with van der Waals surface area (Å²) in [6.45, 7) is 4.23. The molecule has 0 radical (unpaired) electrons. The molecule has 0 bridgehead atoms. The van der Waals surface area contributed by atoms with E-state index in [0.717, 1.165) is 18.8 Å².